The first-order valence-corrected chi connectivity index (χ1v) is 36.4. The summed E-state index contributed by atoms with van der Waals surface area (Å²) in [5.74, 6) is -2.59. The lowest BCUT2D eigenvalue weighted by molar-refractivity contribution is -0.148. The Morgan fingerprint density at radius 1 is 0.744 bits per heavy atom. The van der Waals surface area contributed by atoms with Gasteiger partial charge in [-0.15, -0.1) is 5.10 Å². The Kier molecular flexibility index (Phi) is 29.5. The van der Waals surface area contributed by atoms with Gasteiger partial charge in [0.2, 0.25) is 39.6 Å². The normalized spacial score (nSPS) is 21.1. The molecule has 4 aliphatic rings. The lowest BCUT2D eigenvalue weighted by atomic mass is 9.89. The molecule has 2 bridgehead atoms. The van der Waals surface area contributed by atoms with Crippen LogP contribution in [-0.2, 0) is 77.5 Å². The van der Waals surface area contributed by atoms with Crippen molar-refractivity contribution in [3.05, 3.63) is 41.2 Å². The number of fused-ring (bicyclic) bond motifs is 4. The molecule has 26 heteroatoms. The molecule has 23 nitrogen and oxygen atoms in total. The first-order chi connectivity index (χ1) is 42.9. The van der Waals surface area contributed by atoms with Crippen LogP contribution in [0.15, 0.2) is 24.3 Å². The molecule has 6 rings (SSSR count). The minimum absolute atomic E-state index is 0.00693. The van der Waals surface area contributed by atoms with Crippen molar-refractivity contribution in [2.45, 2.75) is 240 Å². The van der Waals surface area contributed by atoms with Gasteiger partial charge >= 0.3 is 0 Å². The molecular weight excluding hydrogens is 1210 g/mol. The largest absolute Gasteiger partial charge is 0.484 e. The number of carbonyl (C=O) groups excluding carboxylic acids is 7. The number of hydrogen-bond acceptors (Lipinski definition) is 17. The van der Waals surface area contributed by atoms with Crippen LogP contribution in [0.3, 0.4) is 0 Å². The van der Waals surface area contributed by atoms with Gasteiger partial charge in [0, 0.05) is 69.2 Å². The number of amides is 7. The molecular formula is C64H105N11O12S3. The molecule has 2 unspecified atom stereocenters. The fourth-order valence-electron chi connectivity index (χ4n) is 12.8. The molecule has 3 fully saturated rings. The van der Waals surface area contributed by atoms with Gasteiger partial charge in [-0.3, -0.25) is 54.0 Å². The Balaban J connectivity index is 1.02. The zero-order chi connectivity index (χ0) is 65.8. The maximum absolute atomic E-state index is 14.6. The van der Waals surface area contributed by atoms with Gasteiger partial charge in [-0.25, -0.2) is 13.1 Å². The number of methoxy groups -OCH3 is 2. The number of hydrazine groups is 1. The average Bonchev–Trinajstić information content (AvgIpc) is 1.73. The van der Waals surface area contributed by atoms with Crippen molar-refractivity contribution in [3.63, 3.8) is 0 Å². The topological polar surface area (TPSA) is 282 Å². The molecule has 1 aromatic carbocycles. The van der Waals surface area contributed by atoms with Gasteiger partial charge < -0.3 is 34.6 Å². The predicted molar refractivity (Wildman–Crippen MR) is 350 cm³/mol. The number of sulfonamides is 1. The summed E-state index contributed by atoms with van der Waals surface area (Å²) in [5.41, 5.74) is 7.59. The standard InChI is InChI=1S/C64H105N11O12S3/c1-13-42(6)59(73(10)64(82)57(40(2)3)66-63(81)58(41(4)5)72(8)9)53(85-11)36-56(78)74-33-19-23-51(74)60(86-12)43(7)61(79)65-49(62(80)70-90(83,84)48-31-32-48)35-44-25-27-45(28-26-44)87-37-55(77)69-68-54(76)24-20-34-75-52-39-89-47-22-18-16-14-15-17-21-46(29-30-47)88-38-50(52)67-71-75/h25-28,40-43,46-49,51,53,57-60H,13-24,29-39H2,1-12H3,(H,65,79)(H,66,81)(H,68,76)(H,69,77)(H,70,80)/t42-,43+,46?,47?,49-,51-,53+,57-,58-,59-,60+/m0/s1. The minimum Gasteiger partial charge on any atom is -0.484 e. The van der Waals surface area contributed by atoms with E-state index >= 15 is 0 Å². The van der Waals surface area contributed by atoms with E-state index in [-0.39, 0.29) is 60.6 Å². The van der Waals surface area contributed by atoms with Gasteiger partial charge in [-0.05, 0) is 107 Å². The molecule has 2 aliphatic heterocycles. The summed E-state index contributed by atoms with van der Waals surface area (Å²) in [5, 5.41) is 15.5. The van der Waals surface area contributed by atoms with Crippen LogP contribution in [0.5, 0.6) is 5.75 Å². The highest BCUT2D eigenvalue weighted by Crippen LogP contribution is 2.36. The van der Waals surface area contributed by atoms with E-state index in [1.807, 2.05) is 88.7 Å². The van der Waals surface area contributed by atoms with Crippen LogP contribution in [0.1, 0.15) is 175 Å². The number of likely N-dealkylation sites (N-methyl/N-ethyl adjacent to an activating group) is 2. The van der Waals surface area contributed by atoms with Crippen molar-refractivity contribution in [2.24, 2.45) is 23.7 Å². The number of thioether (sulfide) groups is 2. The molecule has 5 N–H and O–H groups in total. The van der Waals surface area contributed by atoms with Gasteiger partial charge in [0.1, 0.15) is 17.8 Å². The number of nitrogens with zero attached hydrogens (tertiary/aromatic N) is 6. The first-order valence-electron chi connectivity index (χ1n) is 32.8. The number of likely N-dealkylation sites (tertiary alicyclic amines) is 1. The molecule has 2 aliphatic carbocycles. The molecule has 3 heterocycles. The highest BCUT2D eigenvalue weighted by molar-refractivity contribution is 7.99. The lowest BCUT2D eigenvalue weighted by Gasteiger charge is -2.41. The molecule has 506 valence electrons. The average molecular weight is 1320 g/mol. The van der Waals surface area contributed by atoms with Crippen molar-refractivity contribution in [1.82, 2.24) is 55.9 Å². The predicted octanol–water partition coefficient (Wildman–Crippen LogP) is 6.31. The van der Waals surface area contributed by atoms with Gasteiger partial charge in [0.25, 0.3) is 11.8 Å². The Morgan fingerprint density at radius 3 is 1.99 bits per heavy atom. The number of benzene rings is 1. The van der Waals surface area contributed by atoms with E-state index in [1.54, 1.807) is 48.0 Å². The quantitative estimate of drug-likeness (QED) is 0.0536. The molecule has 0 spiro atoms. The molecule has 2 aromatic rings. The number of ether oxygens (including phenoxy) is 3. The molecule has 0 radical (unpaired) electrons. The molecule has 11 atom stereocenters. The smallest absolute Gasteiger partial charge is 0.276 e. The summed E-state index contributed by atoms with van der Waals surface area (Å²) in [6.07, 6.45) is 13.0. The second kappa shape index (κ2) is 35.9. The zero-order valence-corrected chi connectivity index (χ0v) is 57.9. The minimum atomic E-state index is -4.01. The van der Waals surface area contributed by atoms with E-state index in [2.05, 4.69) is 36.5 Å². The molecule has 7 amide bonds. The zero-order valence-electron chi connectivity index (χ0n) is 55.5. The van der Waals surface area contributed by atoms with Gasteiger partial charge in [0.15, 0.2) is 6.61 Å². The summed E-state index contributed by atoms with van der Waals surface area (Å²) in [7, 11) is 4.31. The molecule has 90 heavy (non-hydrogen) atoms. The third kappa shape index (κ3) is 21.5. The van der Waals surface area contributed by atoms with Crippen molar-refractivity contribution in [3.8, 4) is 5.75 Å². The molecule has 1 saturated heterocycles. The van der Waals surface area contributed by atoms with Crippen molar-refractivity contribution in [1.29, 1.82) is 0 Å². The van der Waals surface area contributed by atoms with Crippen molar-refractivity contribution < 1.29 is 56.2 Å². The van der Waals surface area contributed by atoms with Gasteiger partial charge in [-0.2, -0.15) is 23.5 Å². The van der Waals surface area contributed by atoms with Crippen LogP contribution in [-0.4, -0.2) is 186 Å². The summed E-state index contributed by atoms with van der Waals surface area (Å²) in [4.78, 5) is 102. The SMILES string of the molecule is CC[C@H](C)[C@@H]([C@@H](CC(=O)N1CCC[C@H]1[C@H](OC)[C@@H](C)C(=O)N[C@@H](Cc1ccc(OCC(=O)NNC(=O)CCCn2nnc3c2CSC2CCCCCCCC(CC2)SC3)cc1)C(=O)NS(=O)(=O)C1CC1)OC)N(C)C(=O)[C@@H](NC(=O)[C@H](C(C)C)N(C)C)C(C)C. The molecule has 2 saturated carbocycles. The number of rotatable bonds is 30. The van der Waals surface area contributed by atoms with E-state index in [0.717, 1.165) is 22.9 Å². The summed E-state index contributed by atoms with van der Waals surface area (Å²) < 4.78 is 48.1. The molecule has 1 aromatic heterocycles. The first kappa shape index (κ1) is 74.0. The Morgan fingerprint density at radius 2 is 1.39 bits per heavy atom. The Hall–Kier alpha value is -5.02. The van der Waals surface area contributed by atoms with E-state index in [1.165, 1.54) is 72.0 Å². The van der Waals surface area contributed by atoms with E-state index in [9.17, 15) is 42.0 Å². The number of hydrogen-bond donors (Lipinski definition) is 5. The number of carbonyl (C=O) groups is 7. The fourth-order valence-corrected chi connectivity index (χ4v) is 16.8. The van der Waals surface area contributed by atoms with E-state index < -0.39 is 87.9 Å². The summed E-state index contributed by atoms with van der Waals surface area (Å²) in [6.45, 7) is 13.8. The van der Waals surface area contributed by atoms with Crippen LogP contribution in [0.4, 0.5) is 0 Å². The highest BCUT2D eigenvalue weighted by atomic mass is 32.2. The lowest BCUT2D eigenvalue weighted by Crippen LogP contribution is -2.59. The Bertz CT molecular complexity index is 2780. The van der Waals surface area contributed by atoms with Gasteiger partial charge in [0.05, 0.1) is 59.3 Å². The van der Waals surface area contributed by atoms with Crippen molar-refractivity contribution in [2.75, 3.05) is 48.5 Å². The summed E-state index contributed by atoms with van der Waals surface area (Å²) in [6, 6.07) is 2.66. The number of aromatic nitrogens is 3. The van der Waals surface area contributed by atoms with Crippen LogP contribution in [0.2, 0.25) is 0 Å². The second-order valence-corrected chi connectivity index (χ2v) is 30.6. The maximum Gasteiger partial charge on any atom is 0.276 e. The third-order valence-electron chi connectivity index (χ3n) is 18.3. The summed E-state index contributed by atoms with van der Waals surface area (Å²) >= 11 is 4.03. The van der Waals surface area contributed by atoms with Gasteiger partial charge in [-0.1, -0.05) is 104 Å². The van der Waals surface area contributed by atoms with Crippen LogP contribution >= 0.6 is 23.5 Å². The monoisotopic (exact) mass is 1320 g/mol. The van der Waals surface area contributed by atoms with Crippen LogP contribution in [0.25, 0.3) is 0 Å². The van der Waals surface area contributed by atoms with Crippen LogP contribution < -0.4 is 30.9 Å². The fraction of sp³-hybridized carbons (Fsp3) is 0.766. The Labute approximate surface area is 543 Å². The number of aryl methyl sites for hydroxylation is 1. The van der Waals surface area contributed by atoms with Crippen LogP contribution in [0, 0.1) is 23.7 Å². The maximum atomic E-state index is 14.6. The van der Waals surface area contributed by atoms with E-state index in [4.69, 9.17) is 14.2 Å². The highest BCUT2D eigenvalue weighted by Gasteiger charge is 2.45. The second-order valence-electron chi connectivity index (χ2n) is 26.1. The third-order valence-corrected chi connectivity index (χ3v) is 22.9. The number of nitrogens with one attached hydrogen (secondary N) is 5. The van der Waals surface area contributed by atoms with Crippen molar-refractivity contribution >= 4 is 74.9 Å². The van der Waals surface area contributed by atoms with E-state index in [0.29, 0.717) is 73.4 Å².